The highest BCUT2D eigenvalue weighted by molar-refractivity contribution is 5.16. The summed E-state index contributed by atoms with van der Waals surface area (Å²) in [5.74, 6) is 1.56. The maximum atomic E-state index is 3.56. The zero-order chi connectivity index (χ0) is 12.1. The van der Waals surface area contributed by atoms with E-state index in [0.29, 0.717) is 6.04 Å². The molecule has 1 heterocycles. The van der Waals surface area contributed by atoms with Gasteiger partial charge in [0.15, 0.2) is 0 Å². The Morgan fingerprint density at radius 2 is 1.88 bits per heavy atom. The first-order chi connectivity index (χ1) is 8.25. The Hall–Kier alpha value is -0.860. The highest BCUT2D eigenvalue weighted by Gasteiger charge is 2.26. The summed E-state index contributed by atoms with van der Waals surface area (Å²) < 4.78 is 0. The lowest BCUT2D eigenvalue weighted by molar-refractivity contribution is 0.379. The molecule has 0 spiro atoms. The van der Waals surface area contributed by atoms with Crippen LogP contribution in [-0.2, 0) is 6.42 Å². The van der Waals surface area contributed by atoms with Gasteiger partial charge in [0.1, 0.15) is 0 Å². The molecule has 2 heteroatoms. The third-order valence-electron chi connectivity index (χ3n) is 3.61. The lowest BCUT2D eigenvalue weighted by Gasteiger charge is -2.20. The minimum Gasteiger partial charge on any atom is -0.316 e. The van der Waals surface area contributed by atoms with Crippen molar-refractivity contribution in [2.45, 2.75) is 26.3 Å². The van der Waals surface area contributed by atoms with Crippen molar-refractivity contribution in [2.24, 2.45) is 11.8 Å². The van der Waals surface area contributed by atoms with Gasteiger partial charge < -0.3 is 10.6 Å². The molecule has 2 rings (SSSR count). The molecular formula is C15H24N2. The molecule has 0 amide bonds. The Labute approximate surface area is 105 Å². The molecule has 1 fully saturated rings. The first kappa shape index (κ1) is 12.6. The normalized spacial score (nSPS) is 24.4. The minimum atomic E-state index is 0.591. The average molecular weight is 232 g/mol. The maximum Gasteiger partial charge on any atom is 0.00105 e. The molecule has 1 aliphatic rings. The lowest BCUT2D eigenvalue weighted by Crippen LogP contribution is -2.32. The van der Waals surface area contributed by atoms with Gasteiger partial charge in [0.25, 0.3) is 0 Å². The van der Waals surface area contributed by atoms with Crippen molar-refractivity contribution in [3.05, 3.63) is 35.9 Å². The molecule has 1 aromatic carbocycles. The highest BCUT2D eigenvalue weighted by Crippen LogP contribution is 2.21. The van der Waals surface area contributed by atoms with Crippen LogP contribution in [0.15, 0.2) is 30.3 Å². The Morgan fingerprint density at radius 3 is 2.59 bits per heavy atom. The molecule has 0 unspecified atom stereocenters. The fraction of sp³-hybridized carbons (Fsp3) is 0.600. The molecule has 0 bridgehead atoms. The number of benzene rings is 1. The van der Waals surface area contributed by atoms with Gasteiger partial charge in [-0.1, -0.05) is 44.2 Å². The van der Waals surface area contributed by atoms with Crippen LogP contribution >= 0.6 is 0 Å². The van der Waals surface area contributed by atoms with Crippen molar-refractivity contribution < 1.29 is 0 Å². The molecule has 1 aliphatic heterocycles. The van der Waals surface area contributed by atoms with Crippen LogP contribution in [0, 0.1) is 11.8 Å². The average Bonchev–Trinajstić information content (AvgIpc) is 2.75. The molecule has 1 saturated heterocycles. The molecule has 0 aliphatic carbocycles. The fourth-order valence-corrected chi connectivity index (χ4v) is 2.57. The summed E-state index contributed by atoms with van der Waals surface area (Å²) in [4.78, 5) is 0. The summed E-state index contributed by atoms with van der Waals surface area (Å²) in [7, 11) is 0. The van der Waals surface area contributed by atoms with Crippen molar-refractivity contribution in [3.8, 4) is 0 Å². The van der Waals surface area contributed by atoms with E-state index in [9.17, 15) is 0 Å². The summed E-state index contributed by atoms with van der Waals surface area (Å²) in [5, 5.41) is 7.09. The van der Waals surface area contributed by atoms with Crippen LogP contribution in [0.3, 0.4) is 0 Å². The summed E-state index contributed by atoms with van der Waals surface area (Å²) >= 11 is 0. The van der Waals surface area contributed by atoms with E-state index in [-0.39, 0.29) is 0 Å². The van der Waals surface area contributed by atoms with Gasteiger partial charge in [-0.2, -0.15) is 0 Å². The zero-order valence-corrected chi connectivity index (χ0v) is 10.9. The minimum absolute atomic E-state index is 0.591. The van der Waals surface area contributed by atoms with Crippen molar-refractivity contribution >= 4 is 0 Å². The maximum absolute atomic E-state index is 3.56. The van der Waals surface area contributed by atoms with E-state index < -0.39 is 0 Å². The van der Waals surface area contributed by atoms with Crippen LogP contribution in [0.4, 0.5) is 0 Å². The van der Waals surface area contributed by atoms with Crippen LogP contribution in [-0.4, -0.2) is 25.7 Å². The molecule has 0 saturated carbocycles. The molecule has 2 atom stereocenters. The van der Waals surface area contributed by atoms with E-state index >= 15 is 0 Å². The van der Waals surface area contributed by atoms with Crippen molar-refractivity contribution in [2.75, 3.05) is 19.6 Å². The van der Waals surface area contributed by atoms with Gasteiger partial charge >= 0.3 is 0 Å². The number of rotatable bonds is 5. The van der Waals surface area contributed by atoms with Gasteiger partial charge in [-0.05, 0) is 43.5 Å². The quantitative estimate of drug-likeness (QED) is 0.812. The fourth-order valence-electron chi connectivity index (χ4n) is 2.57. The van der Waals surface area contributed by atoms with Gasteiger partial charge in [-0.15, -0.1) is 0 Å². The van der Waals surface area contributed by atoms with Crippen LogP contribution in [0.5, 0.6) is 0 Å². The molecule has 1 aromatic rings. The van der Waals surface area contributed by atoms with E-state index in [4.69, 9.17) is 0 Å². The summed E-state index contributed by atoms with van der Waals surface area (Å²) in [6.45, 7) is 7.90. The third-order valence-corrected chi connectivity index (χ3v) is 3.61. The van der Waals surface area contributed by atoms with Crippen LogP contribution < -0.4 is 10.6 Å². The first-order valence-corrected chi connectivity index (χ1v) is 6.73. The van der Waals surface area contributed by atoms with E-state index in [1.807, 2.05) is 0 Å². The highest BCUT2D eigenvalue weighted by atomic mass is 15.0. The Balaban J connectivity index is 1.87. The topological polar surface area (TPSA) is 24.1 Å². The van der Waals surface area contributed by atoms with Gasteiger partial charge in [-0.25, -0.2) is 0 Å². The number of hydrogen-bond acceptors (Lipinski definition) is 2. The third kappa shape index (κ3) is 3.83. The molecule has 2 N–H and O–H groups in total. The second kappa shape index (κ2) is 6.18. The van der Waals surface area contributed by atoms with Gasteiger partial charge in [-0.3, -0.25) is 0 Å². The second-order valence-electron chi connectivity index (χ2n) is 5.43. The predicted octanol–water partition coefficient (Wildman–Crippen LogP) is 2.06. The Morgan fingerprint density at radius 1 is 1.18 bits per heavy atom. The smallest absolute Gasteiger partial charge is 0.00105 e. The van der Waals surface area contributed by atoms with E-state index in [0.717, 1.165) is 24.9 Å². The van der Waals surface area contributed by atoms with Gasteiger partial charge in [0.2, 0.25) is 0 Å². The molecule has 2 nitrogen and oxygen atoms in total. The summed E-state index contributed by atoms with van der Waals surface area (Å²) in [5.41, 5.74) is 1.47. The van der Waals surface area contributed by atoms with Crippen LogP contribution in [0.1, 0.15) is 19.4 Å². The monoisotopic (exact) mass is 232 g/mol. The second-order valence-corrected chi connectivity index (χ2v) is 5.43. The standard InChI is InChI=1S/C15H24N2/c1-12(2)17-11-15-10-16-9-14(15)8-13-6-4-3-5-7-13/h3-7,12,14-17H,8-11H2,1-2H3/t14-,15-/m0/s1. The van der Waals surface area contributed by atoms with Crippen molar-refractivity contribution in [1.29, 1.82) is 0 Å². The Kier molecular flexibility index (Phi) is 4.57. The SMILES string of the molecule is CC(C)NC[C@@H]1CNC[C@@H]1Cc1ccccc1. The molecule has 0 aromatic heterocycles. The number of hydrogen-bond donors (Lipinski definition) is 2. The summed E-state index contributed by atoms with van der Waals surface area (Å²) in [6.07, 6.45) is 1.21. The lowest BCUT2D eigenvalue weighted by atomic mass is 9.89. The van der Waals surface area contributed by atoms with Crippen molar-refractivity contribution in [1.82, 2.24) is 10.6 Å². The molecule has 17 heavy (non-hydrogen) atoms. The van der Waals surface area contributed by atoms with E-state index in [1.54, 1.807) is 0 Å². The van der Waals surface area contributed by atoms with Crippen molar-refractivity contribution in [3.63, 3.8) is 0 Å². The number of nitrogens with one attached hydrogen (secondary N) is 2. The zero-order valence-electron chi connectivity index (χ0n) is 10.9. The first-order valence-electron chi connectivity index (χ1n) is 6.73. The largest absolute Gasteiger partial charge is 0.316 e. The van der Waals surface area contributed by atoms with Gasteiger partial charge in [0.05, 0.1) is 0 Å². The molecule has 0 radical (unpaired) electrons. The van der Waals surface area contributed by atoms with E-state index in [1.165, 1.54) is 18.5 Å². The molecule has 94 valence electrons. The van der Waals surface area contributed by atoms with Gasteiger partial charge in [0, 0.05) is 6.04 Å². The predicted molar refractivity (Wildman–Crippen MR) is 73.1 cm³/mol. The molecular weight excluding hydrogens is 208 g/mol. The van der Waals surface area contributed by atoms with Crippen LogP contribution in [0.25, 0.3) is 0 Å². The van der Waals surface area contributed by atoms with E-state index in [2.05, 4.69) is 54.8 Å². The summed E-state index contributed by atoms with van der Waals surface area (Å²) in [6, 6.07) is 11.4. The Bertz CT molecular complexity index is 321. The van der Waals surface area contributed by atoms with Crippen LogP contribution in [0.2, 0.25) is 0 Å².